The molecule has 1 saturated carbocycles. The van der Waals surface area contributed by atoms with Crippen molar-refractivity contribution < 1.29 is 24.2 Å². The zero-order valence-corrected chi connectivity index (χ0v) is 14.3. The molecule has 138 valence electrons. The van der Waals surface area contributed by atoms with Crippen LogP contribution in [0.25, 0.3) is 0 Å². The van der Waals surface area contributed by atoms with E-state index >= 15 is 0 Å². The summed E-state index contributed by atoms with van der Waals surface area (Å²) in [5, 5.41) is 13.3. The molecular weight excluding hydrogens is 338 g/mol. The van der Waals surface area contributed by atoms with Gasteiger partial charge in [-0.15, -0.1) is 0 Å². The number of aliphatic hydroxyl groups is 1. The first-order chi connectivity index (χ1) is 12.6. The van der Waals surface area contributed by atoms with Crippen LogP contribution in [0.4, 0.5) is 0 Å². The minimum Gasteiger partial charge on any atom is -0.388 e. The first-order valence-electron chi connectivity index (χ1n) is 9.23. The van der Waals surface area contributed by atoms with E-state index in [-0.39, 0.29) is 42.2 Å². The highest BCUT2D eigenvalue weighted by Crippen LogP contribution is 2.37. The Morgan fingerprint density at radius 2 is 2.00 bits per heavy atom. The Hall–Kier alpha value is -2.03. The molecule has 0 radical (unpaired) electrons. The average molecular weight is 359 g/mol. The van der Waals surface area contributed by atoms with Crippen LogP contribution in [0, 0.1) is 0 Å². The summed E-state index contributed by atoms with van der Waals surface area (Å²) in [5.41, 5.74) is 0.727. The molecule has 1 aromatic rings. The summed E-state index contributed by atoms with van der Waals surface area (Å²) in [6.07, 6.45) is 4.92. The monoisotopic (exact) mass is 359 g/mol. The fourth-order valence-electron chi connectivity index (χ4n) is 4.37. The maximum atomic E-state index is 13.1. The number of allylic oxidation sites excluding steroid dienone is 2. The lowest BCUT2D eigenvalue weighted by atomic mass is 9.94. The minimum absolute atomic E-state index is 0.132. The predicted molar refractivity (Wildman–Crippen MR) is 88.6 cm³/mol. The number of carbonyl (C=O) groups is 2. The van der Waals surface area contributed by atoms with Gasteiger partial charge in [-0.3, -0.25) is 14.2 Å². The van der Waals surface area contributed by atoms with Gasteiger partial charge in [0.15, 0.2) is 6.23 Å². The molecule has 8 nitrogen and oxygen atoms in total. The van der Waals surface area contributed by atoms with Crippen molar-refractivity contribution in [3.05, 3.63) is 29.0 Å². The van der Waals surface area contributed by atoms with Crippen LogP contribution in [0.3, 0.4) is 0 Å². The number of ketones is 2. The summed E-state index contributed by atoms with van der Waals surface area (Å²) in [6.45, 7) is 0.271. The molecule has 0 aromatic carbocycles. The van der Waals surface area contributed by atoms with Gasteiger partial charge in [-0.2, -0.15) is 0 Å². The minimum atomic E-state index is -0.754. The number of ether oxygens (including phenoxy) is 2. The number of rotatable bonds is 2. The van der Waals surface area contributed by atoms with Crippen molar-refractivity contribution in [2.75, 3.05) is 6.61 Å². The second-order valence-electron chi connectivity index (χ2n) is 7.39. The van der Waals surface area contributed by atoms with Crippen molar-refractivity contribution in [3.8, 4) is 0 Å². The highest BCUT2D eigenvalue weighted by atomic mass is 16.6. The van der Waals surface area contributed by atoms with E-state index in [1.165, 1.54) is 12.5 Å². The zero-order valence-electron chi connectivity index (χ0n) is 14.3. The molecule has 0 spiro atoms. The number of imidazole rings is 1. The first kappa shape index (κ1) is 16.2. The van der Waals surface area contributed by atoms with Crippen LogP contribution >= 0.6 is 0 Å². The smallest absolute Gasteiger partial charge is 0.227 e. The van der Waals surface area contributed by atoms with Gasteiger partial charge in [-0.25, -0.2) is 4.98 Å². The molecule has 26 heavy (non-hydrogen) atoms. The van der Waals surface area contributed by atoms with Crippen LogP contribution in [0.5, 0.6) is 0 Å². The van der Waals surface area contributed by atoms with E-state index in [4.69, 9.17) is 9.47 Å². The molecule has 2 aliphatic carbocycles. The number of carbonyl (C=O) groups excluding carboxylic acids is 2. The van der Waals surface area contributed by atoms with E-state index in [1.807, 2.05) is 0 Å². The van der Waals surface area contributed by atoms with Crippen LogP contribution in [-0.4, -0.2) is 51.1 Å². The molecule has 1 aromatic heterocycles. The molecule has 1 saturated heterocycles. The number of Topliss-reactive ketones (excluding diaryl/α,β-unsaturated/α-hetero) is 1. The summed E-state index contributed by atoms with van der Waals surface area (Å²) in [7, 11) is 0. The molecule has 0 bridgehead atoms. The largest absolute Gasteiger partial charge is 0.388 e. The fourth-order valence-corrected chi connectivity index (χ4v) is 4.37. The summed E-state index contributed by atoms with van der Waals surface area (Å²) in [6, 6.07) is 0.220. The quantitative estimate of drug-likeness (QED) is 0.807. The van der Waals surface area contributed by atoms with E-state index in [1.54, 1.807) is 4.57 Å². The molecule has 4 aliphatic rings. The molecule has 2 N–H and O–H groups in total. The Labute approximate surface area is 150 Å². The average Bonchev–Trinajstić information content (AvgIpc) is 3.21. The lowest BCUT2D eigenvalue weighted by Crippen LogP contribution is -2.39. The first-order valence-corrected chi connectivity index (χ1v) is 9.23. The molecule has 0 amide bonds. The van der Waals surface area contributed by atoms with E-state index in [9.17, 15) is 14.7 Å². The van der Waals surface area contributed by atoms with Crippen molar-refractivity contribution >= 4 is 11.6 Å². The molecule has 0 unspecified atom stereocenters. The van der Waals surface area contributed by atoms with Crippen LogP contribution in [0.2, 0.25) is 0 Å². The van der Waals surface area contributed by atoms with Crippen LogP contribution in [0.1, 0.15) is 65.1 Å². The standard InChI is InChI=1S/C18H21N3O5/c22-11-6-10(19-9-4-2-1-3-5-9)16(24)15-14(11)20-13-8-25-17-12(23)7-26-18(17)21(13)15/h6,9,12,17-19,23H,1-5,7-8H2/t12-,17-,18+/m1/s1. The van der Waals surface area contributed by atoms with Crippen molar-refractivity contribution in [1.82, 2.24) is 14.9 Å². The highest BCUT2D eigenvalue weighted by molar-refractivity contribution is 6.23. The second-order valence-corrected chi connectivity index (χ2v) is 7.39. The van der Waals surface area contributed by atoms with Gasteiger partial charge < -0.3 is 19.9 Å². The number of aliphatic hydroxyl groups excluding tert-OH is 1. The van der Waals surface area contributed by atoms with E-state index in [2.05, 4.69) is 10.3 Å². The van der Waals surface area contributed by atoms with Crippen LogP contribution in [0.15, 0.2) is 11.8 Å². The van der Waals surface area contributed by atoms with Gasteiger partial charge >= 0.3 is 0 Å². The van der Waals surface area contributed by atoms with Crippen LogP contribution in [-0.2, 0) is 16.1 Å². The fraction of sp³-hybridized carbons (Fsp3) is 0.611. The second kappa shape index (κ2) is 6.00. The van der Waals surface area contributed by atoms with E-state index in [0.717, 1.165) is 25.7 Å². The Morgan fingerprint density at radius 1 is 1.19 bits per heavy atom. The molecular formula is C18H21N3O5. The van der Waals surface area contributed by atoms with Gasteiger partial charge in [-0.05, 0) is 12.8 Å². The summed E-state index contributed by atoms with van der Waals surface area (Å²) >= 11 is 0. The Bertz CT molecular complexity index is 808. The number of hydrogen-bond donors (Lipinski definition) is 2. The molecule has 8 heteroatoms. The van der Waals surface area contributed by atoms with Crippen molar-refractivity contribution in [2.24, 2.45) is 0 Å². The van der Waals surface area contributed by atoms with Crippen molar-refractivity contribution in [2.45, 2.75) is 63.2 Å². The van der Waals surface area contributed by atoms with Gasteiger partial charge in [0.2, 0.25) is 11.6 Å². The maximum Gasteiger partial charge on any atom is 0.227 e. The molecule has 2 fully saturated rings. The Kier molecular flexibility index (Phi) is 3.73. The van der Waals surface area contributed by atoms with E-state index < -0.39 is 18.4 Å². The van der Waals surface area contributed by atoms with Gasteiger partial charge in [-0.1, -0.05) is 19.3 Å². The summed E-state index contributed by atoms with van der Waals surface area (Å²) in [5.74, 6) is -0.0381. The highest BCUT2D eigenvalue weighted by Gasteiger charge is 2.46. The van der Waals surface area contributed by atoms with Crippen LogP contribution < -0.4 is 5.32 Å². The molecule has 3 atom stereocenters. The summed E-state index contributed by atoms with van der Waals surface area (Å²) < 4.78 is 12.9. The Morgan fingerprint density at radius 3 is 2.81 bits per heavy atom. The predicted octanol–water partition coefficient (Wildman–Crippen LogP) is 0.857. The van der Waals surface area contributed by atoms with Crippen molar-refractivity contribution in [3.63, 3.8) is 0 Å². The van der Waals surface area contributed by atoms with E-state index in [0.29, 0.717) is 11.5 Å². The lowest BCUT2D eigenvalue weighted by Gasteiger charge is -2.30. The zero-order chi connectivity index (χ0) is 17.8. The topological polar surface area (TPSA) is 103 Å². The third kappa shape index (κ3) is 2.36. The normalized spacial score (nSPS) is 31.3. The maximum absolute atomic E-state index is 13.1. The van der Waals surface area contributed by atoms with Gasteiger partial charge in [0.05, 0.1) is 12.3 Å². The lowest BCUT2D eigenvalue weighted by molar-refractivity contribution is -0.0992. The number of nitrogens with zero attached hydrogens (tertiary/aromatic N) is 2. The third-order valence-electron chi connectivity index (χ3n) is 5.67. The molecule has 5 rings (SSSR count). The number of aromatic nitrogens is 2. The molecule has 3 heterocycles. The molecule has 2 aliphatic heterocycles. The number of fused-ring (bicyclic) bond motifs is 5. The van der Waals surface area contributed by atoms with Gasteiger partial charge in [0.25, 0.3) is 0 Å². The SMILES string of the molecule is O=C1C=C(NC2CCCCC2)C(=O)c2c1nc1n2[C@H]2OC[C@@H](O)[C@H]2OC1. The Balaban J connectivity index is 1.50. The van der Waals surface area contributed by atoms with Gasteiger partial charge in [0, 0.05) is 12.1 Å². The van der Waals surface area contributed by atoms with Gasteiger partial charge in [0.1, 0.15) is 36.0 Å². The number of nitrogens with one attached hydrogen (secondary N) is 1. The third-order valence-corrected chi connectivity index (χ3v) is 5.67. The van der Waals surface area contributed by atoms with Crippen molar-refractivity contribution in [1.29, 1.82) is 0 Å². The number of hydrogen-bond acceptors (Lipinski definition) is 7. The summed E-state index contributed by atoms with van der Waals surface area (Å²) in [4.78, 5) is 30.0.